The number of hydrogen-bond acceptors (Lipinski definition) is 2. The van der Waals surface area contributed by atoms with E-state index in [2.05, 4.69) is 17.1 Å². The van der Waals surface area contributed by atoms with E-state index in [1.54, 1.807) is 6.07 Å². The molecular formula is C20H20F4N2. The maximum absolute atomic E-state index is 14.0. The van der Waals surface area contributed by atoms with Crippen LogP contribution in [0.15, 0.2) is 52.7 Å². The Balaban J connectivity index is 1.96. The minimum absolute atomic E-state index is 0.314. The molecule has 2 aromatic rings. The Labute approximate surface area is 150 Å². The summed E-state index contributed by atoms with van der Waals surface area (Å²) in [5.74, 6) is -0.368. The van der Waals surface area contributed by atoms with E-state index in [0.29, 0.717) is 11.1 Å². The van der Waals surface area contributed by atoms with Crippen LogP contribution in [0.1, 0.15) is 48.4 Å². The van der Waals surface area contributed by atoms with E-state index in [9.17, 15) is 17.6 Å². The van der Waals surface area contributed by atoms with Crippen molar-refractivity contribution < 1.29 is 17.6 Å². The number of nitrogens with zero attached hydrogens (tertiary/aromatic N) is 2. The predicted octanol–water partition coefficient (Wildman–Crippen LogP) is 6.03. The quantitative estimate of drug-likeness (QED) is 0.248. The van der Waals surface area contributed by atoms with Crippen molar-refractivity contribution in [1.29, 1.82) is 0 Å². The highest BCUT2D eigenvalue weighted by Crippen LogP contribution is 2.28. The summed E-state index contributed by atoms with van der Waals surface area (Å²) in [5.41, 5.74) is 1.01. The molecule has 6 heteroatoms. The van der Waals surface area contributed by atoms with Gasteiger partial charge in [-0.05, 0) is 42.2 Å². The lowest BCUT2D eigenvalue weighted by atomic mass is 10.1. The molecule has 0 heterocycles. The minimum atomic E-state index is -4.37. The van der Waals surface area contributed by atoms with Gasteiger partial charge < -0.3 is 0 Å². The van der Waals surface area contributed by atoms with Crippen molar-refractivity contribution in [1.82, 2.24) is 0 Å². The Kier molecular flexibility index (Phi) is 7.06. The Morgan fingerprint density at radius 1 is 0.923 bits per heavy atom. The smallest absolute Gasteiger partial charge is 0.206 e. The van der Waals surface area contributed by atoms with E-state index in [0.717, 1.165) is 43.4 Å². The fourth-order valence-electron chi connectivity index (χ4n) is 2.36. The molecule has 0 saturated heterocycles. The van der Waals surface area contributed by atoms with Crippen LogP contribution in [0.2, 0.25) is 0 Å². The first-order chi connectivity index (χ1) is 12.4. The molecule has 0 atom stereocenters. The number of aryl methyl sites for hydroxylation is 1. The lowest BCUT2D eigenvalue weighted by molar-refractivity contribution is -0.137. The van der Waals surface area contributed by atoms with Crippen molar-refractivity contribution in [2.24, 2.45) is 10.2 Å². The summed E-state index contributed by atoms with van der Waals surface area (Å²) >= 11 is 0. The van der Waals surface area contributed by atoms with Crippen LogP contribution in [0, 0.1) is 5.82 Å². The first kappa shape index (κ1) is 19.8. The third-order valence-electron chi connectivity index (χ3n) is 3.84. The molecule has 0 saturated carbocycles. The minimum Gasteiger partial charge on any atom is -0.206 e. The van der Waals surface area contributed by atoms with Gasteiger partial charge in [0.25, 0.3) is 0 Å². The van der Waals surface area contributed by atoms with Crippen LogP contribution in [0.3, 0.4) is 0 Å². The van der Waals surface area contributed by atoms with Crippen molar-refractivity contribution >= 4 is 12.4 Å². The van der Waals surface area contributed by atoms with Crippen LogP contribution >= 0.6 is 0 Å². The molecule has 26 heavy (non-hydrogen) atoms. The second kappa shape index (κ2) is 9.27. The van der Waals surface area contributed by atoms with Gasteiger partial charge in [-0.3, -0.25) is 0 Å². The van der Waals surface area contributed by atoms with Crippen molar-refractivity contribution in [3.63, 3.8) is 0 Å². The van der Waals surface area contributed by atoms with E-state index in [1.807, 2.05) is 6.07 Å². The van der Waals surface area contributed by atoms with Crippen LogP contribution in [-0.4, -0.2) is 12.4 Å². The van der Waals surface area contributed by atoms with Crippen molar-refractivity contribution in [3.05, 3.63) is 70.5 Å². The molecular weight excluding hydrogens is 344 g/mol. The number of rotatable bonds is 7. The normalized spacial score (nSPS) is 12.3. The summed E-state index contributed by atoms with van der Waals surface area (Å²) in [7, 11) is 0. The Morgan fingerprint density at radius 2 is 1.62 bits per heavy atom. The first-order valence-corrected chi connectivity index (χ1v) is 8.42. The summed E-state index contributed by atoms with van der Waals surface area (Å²) in [4.78, 5) is 0. The second-order valence-corrected chi connectivity index (χ2v) is 5.92. The zero-order chi connectivity index (χ0) is 19.0. The maximum Gasteiger partial charge on any atom is 0.416 e. The number of alkyl halides is 3. The Bertz CT molecular complexity index is 762. The van der Waals surface area contributed by atoms with E-state index in [4.69, 9.17) is 0 Å². The summed E-state index contributed by atoms with van der Waals surface area (Å²) in [6, 6.07) is 9.55. The SMILES string of the molecule is CCCCCc1ccc(C=NN=Cc2ccc(C(F)(F)F)cc2)c(F)c1. The Hall–Kier alpha value is -2.50. The van der Waals surface area contributed by atoms with Gasteiger partial charge in [-0.15, -0.1) is 0 Å². The molecule has 2 rings (SSSR count). The fraction of sp³-hybridized carbons (Fsp3) is 0.300. The fourth-order valence-corrected chi connectivity index (χ4v) is 2.36. The lowest BCUT2D eigenvalue weighted by Crippen LogP contribution is -2.04. The largest absolute Gasteiger partial charge is 0.416 e. The zero-order valence-electron chi connectivity index (χ0n) is 14.4. The lowest BCUT2D eigenvalue weighted by Gasteiger charge is -2.05. The molecule has 0 aliphatic carbocycles. The molecule has 0 aromatic heterocycles. The molecule has 0 bridgehead atoms. The highest BCUT2D eigenvalue weighted by atomic mass is 19.4. The van der Waals surface area contributed by atoms with Gasteiger partial charge in [0.1, 0.15) is 5.82 Å². The molecule has 0 N–H and O–H groups in total. The van der Waals surface area contributed by atoms with Crippen LogP contribution in [0.25, 0.3) is 0 Å². The van der Waals surface area contributed by atoms with Crippen LogP contribution < -0.4 is 0 Å². The molecule has 0 aliphatic rings. The van der Waals surface area contributed by atoms with Crippen LogP contribution in [-0.2, 0) is 12.6 Å². The number of hydrogen-bond donors (Lipinski definition) is 0. The molecule has 2 nitrogen and oxygen atoms in total. The number of unbranched alkanes of at least 4 members (excludes halogenated alkanes) is 2. The van der Waals surface area contributed by atoms with Gasteiger partial charge in [0.2, 0.25) is 0 Å². The standard InChI is InChI=1S/C20H20F4N2/c1-2-3-4-5-15-6-9-17(19(21)12-15)14-26-25-13-16-7-10-18(11-8-16)20(22,23)24/h6-14H,2-5H2,1H3. The third kappa shape index (κ3) is 6.10. The average Bonchev–Trinajstić information content (AvgIpc) is 2.60. The van der Waals surface area contributed by atoms with Gasteiger partial charge in [-0.25, -0.2) is 4.39 Å². The van der Waals surface area contributed by atoms with Crippen molar-refractivity contribution in [3.8, 4) is 0 Å². The van der Waals surface area contributed by atoms with E-state index < -0.39 is 11.7 Å². The molecule has 0 radical (unpaired) electrons. The zero-order valence-corrected chi connectivity index (χ0v) is 14.4. The molecule has 0 spiro atoms. The van der Waals surface area contributed by atoms with Gasteiger partial charge in [0, 0.05) is 5.56 Å². The van der Waals surface area contributed by atoms with Crippen molar-refractivity contribution in [2.45, 2.75) is 38.8 Å². The number of halogens is 4. The van der Waals surface area contributed by atoms with E-state index in [-0.39, 0.29) is 5.82 Å². The van der Waals surface area contributed by atoms with Gasteiger partial charge in [0.05, 0.1) is 18.0 Å². The molecule has 0 amide bonds. The summed E-state index contributed by atoms with van der Waals surface area (Å²) in [6.45, 7) is 2.12. The maximum atomic E-state index is 14.0. The topological polar surface area (TPSA) is 24.7 Å². The summed E-state index contributed by atoms with van der Waals surface area (Å²) in [6.07, 6.45) is 2.33. The molecule has 138 valence electrons. The molecule has 0 aliphatic heterocycles. The van der Waals surface area contributed by atoms with Crippen LogP contribution in [0.5, 0.6) is 0 Å². The van der Waals surface area contributed by atoms with Gasteiger partial charge in [0.15, 0.2) is 0 Å². The highest BCUT2D eigenvalue weighted by molar-refractivity contribution is 5.82. The highest BCUT2D eigenvalue weighted by Gasteiger charge is 2.29. The van der Waals surface area contributed by atoms with Gasteiger partial charge in [-0.1, -0.05) is 44.0 Å². The summed E-state index contributed by atoms with van der Waals surface area (Å²) in [5, 5.41) is 7.51. The van der Waals surface area contributed by atoms with Gasteiger partial charge in [-0.2, -0.15) is 23.4 Å². The molecule has 0 fully saturated rings. The predicted molar refractivity (Wildman–Crippen MR) is 96.3 cm³/mol. The van der Waals surface area contributed by atoms with E-state index >= 15 is 0 Å². The monoisotopic (exact) mass is 364 g/mol. The van der Waals surface area contributed by atoms with Gasteiger partial charge >= 0.3 is 6.18 Å². The number of benzene rings is 2. The average molecular weight is 364 g/mol. The second-order valence-electron chi connectivity index (χ2n) is 5.92. The first-order valence-electron chi connectivity index (χ1n) is 8.42. The Morgan fingerprint density at radius 3 is 2.23 bits per heavy atom. The molecule has 0 unspecified atom stereocenters. The molecule has 2 aromatic carbocycles. The van der Waals surface area contributed by atoms with Crippen LogP contribution in [0.4, 0.5) is 17.6 Å². The summed E-state index contributed by atoms with van der Waals surface area (Å²) < 4.78 is 51.4. The third-order valence-corrected chi connectivity index (χ3v) is 3.84. The van der Waals surface area contributed by atoms with E-state index in [1.165, 1.54) is 30.6 Å². The van der Waals surface area contributed by atoms with Crippen molar-refractivity contribution in [2.75, 3.05) is 0 Å².